The summed E-state index contributed by atoms with van der Waals surface area (Å²) in [5.41, 5.74) is 14.0. The van der Waals surface area contributed by atoms with E-state index in [1.165, 1.54) is 7.11 Å². The van der Waals surface area contributed by atoms with Crippen LogP contribution in [0.4, 0.5) is 28.7 Å². The lowest BCUT2D eigenvalue weighted by Crippen LogP contribution is -2.02. The van der Waals surface area contributed by atoms with Crippen molar-refractivity contribution in [3.63, 3.8) is 0 Å². The monoisotopic (exact) mass is 350 g/mol. The molecule has 132 valence electrons. The number of nitrogens with one attached hydrogen (secondary N) is 1. The number of benzene rings is 1. The summed E-state index contributed by atoms with van der Waals surface area (Å²) in [7, 11) is 3.25. The summed E-state index contributed by atoms with van der Waals surface area (Å²) in [4.78, 5) is 12.8. The molecule has 3 rings (SSSR count). The number of rotatable bonds is 5. The normalized spacial score (nSPS) is 10.8. The first-order valence-corrected chi connectivity index (χ1v) is 7.73. The molecule has 0 amide bonds. The van der Waals surface area contributed by atoms with Gasteiger partial charge in [0.1, 0.15) is 11.4 Å². The van der Waals surface area contributed by atoms with E-state index in [2.05, 4.69) is 30.5 Å². The zero-order valence-electron chi connectivity index (χ0n) is 14.3. The molecule has 0 fully saturated rings. The molecule has 2 aromatic heterocycles. The van der Waals surface area contributed by atoms with Crippen molar-refractivity contribution in [1.29, 1.82) is 0 Å². The van der Waals surface area contributed by atoms with Crippen LogP contribution in [0.5, 0.6) is 5.75 Å². The summed E-state index contributed by atoms with van der Waals surface area (Å²) in [6.07, 6.45) is 3.34. The molecule has 3 aromatic rings. The highest BCUT2D eigenvalue weighted by atomic mass is 16.5. The fraction of sp³-hybridized carbons (Fsp3) is 0.118. The van der Waals surface area contributed by atoms with Crippen LogP contribution < -0.4 is 21.5 Å². The standard InChI is InChI=1S/C17H18N8O/c1-20-17-14(25-24-12-6-5-11(18)8-13(12)26-2)15(19)22-16(23-17)10-4-3-7-21-9-10/h3-9H,18H2,1-2H3,(H3,19,20,22,23)/b25-24+. The number of nitrogen functional groups attached to an aromatic ring is 2. The molecular weight excluding hydrogens is 332 g/mol. The largest absolute Gasteiger partial charge is 0.494 e. The molecule has 0 aliphatic rings. The third-order valence-electron chi connectivity index (χ3n) is 3.53. The summed E-state index contributed by atoms with van der Waals surface area (Å²) in [6, 6.07) is 8.73. The topological polar surface area (TPSA) is 137 Å². The summed E-state index contributed by atoms with van der Waals surface area (Å²) in [6.45, 7) is 0. The number of methoxy groups -OCH3 is 1. The van der Waals surface area contributed by atoms with Crippen LogP contribution in [0.15, 0.2) is 53.0 Å². The second-order valence-corrected chi connectivity index (χ2v) is 5.25. The number of azo groups is 1. The number of hydrogen-bond donors (Lipinski definition) is 3. The predicted octanol–water partition coefficient (Wildman–Crippen LogP) is 3.17. The molecule has 9 nitrogen and oxygen atoms in total. The highest BCUT2D eigenvalue weighted by molar-refractivity contribution is 5.75. The lowest BCUT2D eigenvalue weighted by atomic mass is 10.2. The number of pyridine rings is 1. The van der Waals surface area contributed by atoms with Crippen molar-refractivity contribution in [2.45, 2.75) is 0 Å². The smallest absolute Gasteiger partial charge is 0.170 e. The third kappa shape index (κ3) is 3.51. The van der Waals surface area contributed by atoms with Gasteiger partial charge in [0.2, 0.25) is 0 Å². The van der Waals surface area contributed by atoms with Gasteiger partial charge in [0.25, 0.3) is 0 Å². The number of ether oxygens (including phenoxy) is 1. The van der Waals surface area contributed by atoms with Gasteiger partial charge in [-0.05, 0) is 24.3 Å². The number of nitrogens with zero attached hydrogens (tertiary/aromatic N) is 5. The van der Waals surface area contributed by atoms with Crippen LogP contribution in [0.3, 0.4) is 0 Å². The first-order chi connectivity index (χ1) is 12.6. The van der Waals surface area contributed by atoms with Crippen molar-refractivity contribution in [3.05, 3.63) is 42.7 Å². The Labute approximate surface area is 150 Å². The van der Waals surface area contributed by atoms with E-state index >= 15 is 0 Å². The molecular formula is C17H18N8O. The van der Waals surface area contributed by atoms with Crippen LogP contribution in [0.1, 0.15) is 0 Å². The van der Waals surface area contributed by atoms with Gasteiger partial charge in [-0.15, -0.1) is 10.2 Å². The van der Waals surface area contributed by atoms with E-state index in [1.807, 2.05) is 6.07 Å². The summed E-state index contributed by atoms with van der Waals surface area (Å²) in [5.74, 6) is 1.60. The molecule has 0 aliphatic heterocycles. The maximum absolute atomic E-state index is 6.08. The Hall–Kier alpha value is -3.75. The van der Waals surface area contributed by atoms with E-state index in [0.29, 0.717) is 34.5 Å². The van der Waals surface area contributed by atoms with Crippen molar-refractivity contribution in [2.24, 2.45) is 10.2 Å². The van der Waals surface area contributed by atoms with Crippen molar-refractivity contribution < 1.29 is 4.74 Å². The Morgan fingerprint density at radius 1 is 1.12 bits per heavy atom. The van der Waals surface area contributed by atoms with Crippen LogP contribution in [0.25, 0.3) is 11.4 Å². The predicted molar refractivity (Wildman–Crippen MR) is 101 cm³/mol. The van der Waals surface area contributed by atoms with Gasteiger partial charge in [-0.25, -0.2) is 9.97 Å². The summed E-state index contributed by atoms with van der Waals surface area (Å²) in [5, 5.41) is 11.4. The van der Waals surface area contributed by atoms with E-state index in [0.717, 1.165) is 5.56 Å². The maximum Gasteiger partial charge on any atom is 0.170 e. The van der Waals surface area contributed by atoms with Crippen LogP contribution in [0.2, 0.25) is 0 Å². The minimum atomic E-state index is 0.196. The first-order valence-electron chi connectivity index (χ1n) is 7.73. The van der Waals surface area contributed by atoms with Gasteiger partial charge in [-0.2, -0.15) is 0 Å². The number of hydrogen-bond acceptors (Lipinski definition) is 9. The minimum absolute atomic E-state index is 0.196. The fourth-order valence-corrected chi connectivity index (χ4v) is 2.25. The van der Waals surface area contributed by atoms with Crippen LogP contribution in [-0.2, 0) is 0 Å². The fourth-order valence-electron chi connectivity index (χ4n) is 2.25. The average Bonchev–Trinajstić information content (AvgIpc) is 2.67. The number of anilines is 3. The Morgan fingerprint density at radius 3 is 2.65 bits per heavy atom. The van der Waals surface area contributed by atoms with Gasteiger partial charge in [0, 0.05) is 36.8 Å². The van der Waals surface area contributed by atoms with Crippen molar-refractivity contribution in [2.75, 3.05) is 30.9 Å². The average molecular weight is 350 g/mol. The molecule has 0 unspecified atom stereocenters. The molecule has 0 atom stereocenters. The van der Waals surface area contributed by atoms with E-state index in [1.54, 1.807) is 43.7 Å². The van der Waals surface area contributed by atoms with E-state index < -0.39 is 0 Å². The molecule has 9 heteroatoms. The molecule has 0 saturated heterocycles. The third-order valence-corrected chi connectivity index (χ3v) is 3.53. The van der Waals surface area contributed by atoms with Gasteiger partial charge >= 0.3 is 0 Å². The highest BCUT2D eigenvalue weighted by Crippen LogP contribution is 2.35. The summed E-state index contributed by atoms with van der Waals surface area (Å²) >= 11 is 0. The number of nitrogens with two attached hydrogens (primary N) is 2. The second-order valence-electron chi connectivity index (χ2n) is 5.25. The second kappa shape index (κ2) is 7.43. The highest BCUT2D eigenvalue weighted by Gasteiger charge is 2.13. The molecule has 2 heterocycles. The number of aromatic nitrogens is 3. The van der Waals surface area contributed by atoms with Gasteiger partial charge in [0.15, 0.2) is 23.1 Å². The zero-order chi connectivity index (χ0) is 18.5. The molecule has 0 aliphatic carbocycles. The quantitative estimate of drug-likeness (QED) is 0.474. The first kappa shape index (κ1) is 17.1. The Balaban J connectivity index is 2.00. The lowest BCUT2D eigenvalue weighted by Gasteiger charge is -2.09. The Kier molecular flexibility index (Phi) is 4.88. The van der Waals surface area contributed by atoms with Crippen molar-refractivity contribution >= 4 is 28.7 Å². The molecule has 1 aromatic carbocycles. The minimum Gasteiger partial charge on any atom is -0.494 e. The molecule has 5 N–H and O–H groups in total. The van der Waals surface area contributed by atoms with Crippen molar-refractivity contribution in [1.82, 2.24) is 15.0 Å². The maximum atomic E-state index is 6.08. The van der Waals surface area contributed by atoms with Crippen molar-refractivity contribution in [3.8, 4) is 17.1 Å². The van der Waals surface area contributed by atoms with E-state index in [-0.39, 0.29) is 5.82 Å². The van der Waals surface area contributed by atoms with Gasteiger partial charge in [-0.1, -0.05) is 0 Å². The Morgan fingerprint density at radius 2 is 1.96 bits per heavy atom. The van der Waals surface area contributed by atoms with E-state index in [9.17, 15) is 0 Å². The van der Waals surface area contributed by atoms with Gasteiger partial charge in [0.05, 0.1) is 7.11 Å². The van der Waals surface area contributed by atoms with Crippen LogP contribution in [0, 0.1) is 0 Å². The molecule has 26 heavy (non-hydrogen) atoms. The van der Waals surface area contributed by atoms with Crippen LogP contribution in [-0.4, -0.2) is 29.1 Å². The van der Waals surface area contributed by atoms with E-state index in [4.69, 9.17) is 16.2 Å². The van der Waals surface area contributed by atoms with Gasteiger partial charge < -0.3 is 21.5 Å². The SMILES string of the molecule is CNc1nc(-c2cccnc2)nc(N)c1/N=N/c1ccc(N)cc1OC. The molecule has 0 saturated carbocycles. The lowest BCUT2D eigenvalue weighted by molar-refractivity contribution is 0.416. The van der Waals surface area contributed by atoms with Gasteiger partial charge in [-0.3, -0.25) is 4.98 Å². The Bertz CT molecular complexity index is 943. The zero-order valence-corrected chi connectivity index (χ0v) is 14.3. The van der Waals surface area contributed by atoms with Crippen LogP contribution >= 0.6 is 0 Å². The molecule has 0 radical (unpaired) electrons. The molecule has 0 spiro atoms. The molecule has 0 bridgehead atoms. The summed E-state index contributed by atoms with van der Waals surface area (Å²) < 4.78 is 5.26.